The Morgan fingerprint density at radius 2 is 2.39 bits per heavy atom. The molecule has 18 heavy (non-hydrogen) atoms. The highest BCUT2D eigenvalue weighted by Crippen LogP contribution is 2.31. The molecule has 1 atom stereocenters. The van der Waals surface area contributed by atoms with E-state index in [-0.39, 0.29) is 0 Å². The first kappa shape index (κ1) is 13.8. The molecule has 0 bridgehead atoms. The molecule has 0 fully saturated rings. The van der Waals surface area contributed by atoms with Gasteiger partial charge in [0.2, 0.25) is 0 Å². The third-order valence-electron chi connectivity index (χ3n) is 2.80. The number of aryl methyl sites for hydroxylation is 1. The topological polar surface area (TPSA) is 29.9 Å². The molecule has 2 rings (SSSR count). The highest BCUT2D eigenvalue weighted by atomic mass is 79.9. The first-order valence-electron chi connectivity index (χ1n) is 6.14. The summed E-state index contributed by atoms with van der Waals surface area (Å²) in [6.45, 7) is 3.23. The van der Waals surface area contributed by atoms with Crippen LogP contribution < -0.4 is 5.32 Å². The number of nitrogens with zero attached hydrogens (tertiary/aromatic N) is 2. The van der Waals surface area contributed by atoms with Crippen LogP contribution in [0.4, 0.5) is 0 Å². The maximum absolute atomic E-state index is 4.23. The Hall–Kier alpha value is -0.650. The van der Waals surface area contributed by atoms with Gasteiger partial charge in [-0.15, -0.1) is 11.3 Å². The lowest BCUT2D eigenvalue weighted by atomic mass is 10.1. The van der Waals surface area contributed by atoms with Crippen LogP contribution in [0.25, 0.3) is 0 Å². The molecular weight excluding hydrogens is 310 g/mol. The van der Waals surface area contributed by atoms with Gasteiger partial charge in [0.1, 0.15) is 0 Å². The fourth-order valence-corrected chi connectivity index (χ4v) is 3.67. The van der Waals surface area contributed by atoms with Crippen LogP contribution in [0.15, 0.2) is 28.3 Å². The molecular formula is C13H18BrN3S. The number of hydrogen-bond acceptors (Lipinski definition) is 3. The Bertz CT molecular complexity index is 492. The Morgan fingerprint density at radius 1 is 1.56 bits per heavy atom. The summed E-state index contributed by atoms with van der Waals surface area (Å²) in [4.78, 5) is 1.37. The van der Waals surface area contributed by atoms with E-state index in [0.29, 0.717) is 6.04 Å². The third-order valence-corrected chi connectivity index (χ3v) is 4.78. The van der Waals surface area contributed by atoms with Gasteiger partial charge in [0.05, 0.1) is 6.20 Å². The van der Waals surface area contributed by atoms with E-state index < -0.39 is 0 Å². The fourth-order valence-electron chi connectivity index (χ4n) is 1.94. The van der Waals surface area contributed by atoms with Crippen molar-refractivity contribution in [1.82, 2.24) is 15.1 Å². The molecule has 0 radical (unpaired) electrons. The lowest BCUT2D eigenvalue weighted by Crippen LogP contribution is -2.23. The predicted molar refractivity (Wildman–Crippen MR) is 80.0 cm³/mol. The smallest absolute Gasteiger partial charge is 0.0522 e. The van der Waals surface area contributed by atoms with E-state index in [0.717, 1.165) is 19.4 Å². The molecule has 0 spiro atoms. The van der Waals surface area contributed by atoms with Crippen molar-refractivity contribution in [3.8, 4) is 0 Å². The fraction of sp³-hybridized carbons (Fsp3) is 0.462. The van der Waals surface area contributed by atoms with Crippen LogP contribution in [0, 0.1) is 0 Å². The van der Waals surface area contributed by atoms with Gasteiger partial charge in [-0.25, -0.2) is 0 Å². The Kier molecular flexibility index (Phi) is 4.97. The van der Waals surface area contributed by atoms with Gasteiger partial charge in [-0.1, -0.05) is 6.92 Å². The van der Waals surface area contributed by atoms with Crippen molar-refractivity contribution in [2.75, 3.05) is 6.54 Å². The average Bonchev–Trinajstić information content (AvgIpc) is 2.93. The predicted octanol–water partition coefficient (Wildman–Crippen LogP) is 3.53. The van der Waals surface area contributed by atoms with Crippen molar-refractivity contribution in [2.45, 2.75) is 25.8 Å². The van der Waals surface area contributed by atoms with Gasteiger partial charge in [-0.05, 0) is 52.3 Å². The molecule has 0 aliphatic rings. The second-order valence-electron chi connectivity index (χ2n) is 4.37. The van der Waals surface area contributed by atoms with E-state index in [2.05, 4.69) is 50.9 Å². The minimum atomic E-state index is 0.364. The third kappa shape index (κ3) is 3.43. The van der Waals surface area contributed by atoms with E-state index in [1.54, 1.807) is 11.3 Å². The summed E-state index contributed by atoms with van der Waals surface area (Å²) in [7, 11) is 1.96. The van der Waals surface area contributed by atoms with Crippen LogP contribution in [0.3, 0.4) is 0 Å². The van der Waals surface area contributed by atoms with Crippen molar-refractivity contribution in [3.63, 3.8) is 0 Å². The van der Waals surface area contributed by atoms with Crippen LogP contribution in [0.5, 0.6) is 0 Å². The number of hydrogen-bond donors (Lipinski definition) is 1. The molecule has 5 heteroatoms. The molecule has 0 amide bonds. The van der Waals surface area contributed by atoms with Gasteiger partial charge >= 0.3 is 0 Å². The second kappa shape index (κ2) is 6.50. The molecule has 2 aromatic heterocycles. The second-order valence-corrected chi connectivity index (χ2v) is 6.17. The summed E-state index contributed by atoms with van der Waals surface area (Å²) in [5, 5.41) is 9.98. The minimum Gasteiger partial charge on any atom is -0.309 e. The van der Waals surface area contributed by atoms with Crippen molar-refractivity contribution in [2.24, 2.45) is 7.05 Å². The van der Waals surface area contributed by atoms with Gasteiger partial charge in [0.25, 0.3) is 0 Å². The average molecular weight is 328 g/mol. The quantitative estimate of drug-likeness (QED) is 0.879. The summed E-state index contributed by atoms with van der Waals surface area (Å²) < 4.78 is 3.06. The van der Waals surface area contributed by atoms with E-state index >= 15 is 0 Å². The monoisotopic (exact) mass is 327 g/mol. The lowest BCUT2D eigenvalue weighted by molar-refractivity contribution is 0.535. The van der Waals surface area contributed by atoms with E-state index in [1.807, 2.05) is 17.9 Å². The van der Waals surface area contributed by atoms with Gasteiger partial charge in [0, 0.05) is 28.6 Å². The normalized spacial score (nSPS) is 12.8. The Labute approximate surface area is 120 Å². The van der Waals surface area contributed by atoms with E-state index in [1.165, 1.54) is 14.9 Å². The van der Waals surface area contributed by atoms with Crippen LogP contribution in [-0.2, 0) is 13.5 Å². The summed E-state index contributed by atoms with van der Waals surface area (Å²) in [5.74, 6) is 0. The number of nitrogens with one attached hydrogen (secondary N) is 1. The first-order chi connectivity index (χ1) is 8.70. The SMILES string of the molecule is CCCNC(Cc1cnn(C)c1)c1sccc1Br. The van der Waals surface area contributed by atoms with Crippen LogP contribution in [0.1, 0.15) is 29.8 Å². The summed E-state index contributed by atoms with van der Waals surface area (Å²) >= 11 is 5.42. The van der Waals surface area contributed by atoms with Crippen LogP contribution in [0.2, 0.25) is 0 Å². The molecule has 0 aromatic carbocycles. The molecule has 2 aromatic rings. The van der Waals surface area contributed by atoms with Crippen molar-refractivity contribution in [1.29, 1.82) is 0 Å². The molecule has 0 aliphatic heterocycles. The molecule has 2 heterocycles. The molecule has 1 unspecified atom stereocenters. The molecule has 3 nitrogen and oxygen atoms in total. The molecule has 98 valence electrons. The van der Waals surface area contributed by atoms with Crippen LogP contribution >= 0.6 is 27.3 Å². The van der Waals surface area contributed by atoms with Gasteiger partial charge < -0.3 is 5.32 Å². The summed E-state index contributed by atoms with van der Waals surface area (Å²) in [5.41, 5.74) is 1.27. The molecule has 0 saturated heterocycles. The van der Waals surface area contributed by atoms with Crippen molar-refractivity contribution in [3.05, 3.63) is 38.8 Å². The zero-order chi connectivity index (χ0) is 13.0. The summed E-state index contributed by atoms with van der Waals surface area (Å²) in [6, 6.07) is 2.48. The number of halogens is 1. The van der Waals surface area contributed by atoms with Crippen LogP contribution in [-0.4, -0.2) is 16.3 Å². The first-order valence-corrected chi connectivity index (χ1v) is 7.81. The zero-order valence-corrected chi connectivity index (χ0v) is 13.1. The van der Waals surface area contributed by atoms with E-state index in [4.69, 9.17) is 0 Å². The lowest BCUT2D eigenvalue weighted by Gasteiger charge is -2.17. The largest absolute Gasteiger partial charge is 0.309 e. The maximum atomic E-state index is 4.23. The van der Waals surface area contributed by atoms with Gasteiger partial charge in [-0.3, -0.25) is 4.68 Å². The maximum Gasteiger partial charge on any atom is 0.0522 e. The number of rotatable bonds is 6. The van der Waals surface area contributed by atoms with Crippen molar-refractivity contribution < 1.29 is 0 Å². The Morgan fingerprint density at radius 3 is 2.94 bits per heavy atom. The van der Waals surface area contributed by atoms with Crippen molar-refractivity contribution >= 4 is 27.3 Å². The van der Waals surface area contributed by atoms with E-state index in [9.17, 15) is 0 Å². The highest BCUT2D eigenvalue weighted by Gasteiger charge is 2.16. The minimum absolute atomic E-state index is 0.364. The molecule has 0 aliphatic carbocycles. The van der Waals surface area contributed by atoms with Gasteiger partial charge in [-0.2, -0.15) is 5.10 Å². The Balaban J connectivity index is 2.12. The number of aromatic nitrogens is 2. The van der Waals surface area contributed by atoms with Gasteiger partial charge in [0.15, 0.2) is 0 Å². The molecule has 0 saturated carbocycles. The molecule has 1 N–H and O–H groups in total. The zero-order valence-electron chi connectivity index (χ0n) is 10.7. The standard InChI is InChI=1S/C13H18BrN3S/c1-3-5-15-12(13-11(14)4-6-18-13)7-10-8-16-17(2)9-10/h4,6,8-9,12,15H,3,5,7H2,1-2H3. The summed E-state index contributed by atoms with van der Waals surface area (Å²) in [6.07, 6.45) is 6.16. The number of thiophene rings is 1. The highest BCUT2D eigenvalue weighted by molar-refractivity contribution is 9.10.